The number of methoxy groups -OCH3 is 1. The lowest BCUT2D eigenvalue weighted by atomic mass is 10.1. The predicted molar refractivity (Wildman–Crippen MR) is 95.0 cm³/mol. The number of hydrogen-bond donors (Lipinski definition) is 1. The van der Waals surface area contributed by atoms with Crippen LogP contribution in [-0.4, -0.2) is 43.7 Å². The number of nitrogens with zero attached hydrogens (tertiary/aromatic N) is 1. The molecule has 0 atom stereocenters. The first-order valence-electron chi connectivity index (χ1n) is 8.80. The third-order valence-electron chi connectivity index (χ3n) is 5.17. The normalized spacial score (nSPS) is 17.4. The average Bonchev–Trinajstić information content (AvgIpc) is 2.76. The van der Waals surface area contributed by atoms with Gasteiger partial charge in [-0.15, -0.1) is 0 Å². The Kier molecular flexibility index (Phi) is 6.05. The molecule has 1 saturated heterocycles. The molecule has 1 amide bonds. The fourth-order valence-electron chi connectivity index (χ4n) is 3.67. The Bertz CT molecular complexity index is 523. The zero-order valence-corrected chi connectivity index (χ0v) is 15.1. The molecule has 1 aliphatic rings. The maximum absolute atomic E-state index is 12.7. The fraction of sp³-hybridized carbons (Fsp3) is 0.632. The molecule has 1 fully saturated rings. The van der Waals surface area contributed by atoms with E-state index < -0.39 is 0 Å². The van der Waals surface area contributed by atoms with Gasteiger partial charge >= 0.3 is 0 Å². The van der Waals surface area contributed by atoms with Crippen LogP contribution in [0.25, 0.3) is 0 Å². The molecule has 0 aliphatic carbocycles. The molecule has 1 aromatic rings. The molecular weight excluding hydrogens is 288 g/mol. The van der Waals surface area contributed by atoms with Gasteiger partial charge in [0.25, 0.3) is 5.91 Å². The molecule has 1 heterocycles. The summed E-state index contributed by atoms with van der Waals surface area (Å²) in [4.78, 5) is 12.7. The molecule has 23 heavy (non-hydrogen) atoms. The summed E-state index contributed by atoms with van der Waals surface area (Å²) in [6.07, 6.45) is 5.08. The molecule has 128 valence electrons. The molecule has 4 heteroatoms. The summed E-state index contributed by atoms with van der Waals surface area (Å²) in [5.74, 6) is 0.965. The van der Waals surface area contributed by atoms with Gasteiger partial charge in [0.15, 0.2) is 6.54 Å². The van der Waals surface area contributed by atoms with Crippen molar-refractivity contribution in [2.45, 2.75) is 46.5 Å². The molecule has 0 aromatic heterocycles. The number of quaternary nitrogens is 1. The highest BCUT2D eigenvalue weighted by molar-refractivity contribution is 5.93. The van der Waals surface area contributed by atoms with Crippen molar-refractivity contribution in [2.24, 2.45) is 0 Å². The van der Waals surface area contributed by atoms with Crippen molar-refractivity contribution in [2.75, 3.05) is 38.6 Å². The van der Waals surface area contributed by atoms with E-state index in [-0.39, 0.29) is 5.91 Å². The van der Waals surface area contributed by atoms with Gasteiger partial charge in [0, 0.05) is 5.69 Å². The van der Waals surface area contributed by atoms with Gasteiger partial charge in [0.05, 0.1) is 26.7 Å². The van der Waals surface area contributed by atoms with Crippen molar-refractivity contribution < 1.29 is 14.0 Å². The van der Waals surface area contributed by atoms with E-state index in [4.69, 9.17) is 4.74 Å². The van der Waals surface area contributed by atoms with Gasteiger partial charge in [-0.05, 0) is 69.7 Å². The third kappa shape index (κ3) is 4.47. The number of aryl methyl sites for hydroxylation is 2. The van der Waals surface area contributed by atoms with Crippen molar-refractivity contribution in [3.8, 4) is 5.75 Å². The first-order valence-corrected chi connectivity index (χ1v) is 8.80. The van der Waals surface area contributed by atoms with E-state index in [9.17, 15) is 4.79 Å². The van der Waals surface area contributed by atoms with Crippen LogP contribution in [0.2, 0.25) is 0 Å². The van der Waals surface area contributed by atoms with Crippen LogP contribution in [0.3, 0.4) is 0 Å². The lowest BCUT2D eigenvalue weighted by Gasteiger charge is -2.36. The van der Waals surface area contributed by atoms with Gasteiger partial charge in [-0.25, -0.2) is 0 Å². The van der Waals surface area contributed by atoms with Crippen molar-refractivity contribution >= 4 is 11.6 Å². The van der Waals surface area contributed by atoms with Gasteiger partial charge in [0.1, 0.15) is 5.75 Å². The number of anilines is 1. The fourth-order valence-corrected chi connectivity index (χ4v) is 3.67. The second kappa shape index (κ2) is 7.82. The maximum Gasteiger partial charge on any atom is 0.279 e. The highest BCUT2D eigenvalue weighted by atomic mass is 16.5. The molecule has 4 nitrogen and oxygen atoms in total. The molecular formula is C19H31N2O2+. The molecule has 0 radical (unpaired) electrons. The van der Waals surface area contributed by atoms with Crippen LogP contribution in [0.4, 0.5) is 5.69 Å². The van der Waals surface area contributed by atoms with Crippen LogP contribution >= 0.6 is 0 Å². The molecule has 1 N–H and O–H groups in total. The van der Waals surface area contributed by atoms with Crippen LogP contribution in [0.15, 0.2) is 12.1 Å². The van der Waals surface area contributed by atoms with Gasteiger partial charge in [-0.3, -0.25) is 4.79 Å². The molecule has 1 aliphatic heterocycles. The lowest BCUT2D eigenvalue weighted by Crippen LogP contribution is -2.52. The Morgan fingerprint density at radius 2 is 1.70 bits per heavy atom. The first-order chi connectivity index (χ1) is 11.0. The van der Waals surface area contributed by atoms with Crippen LogP contribution in [0, 0.1) is 13.8 Å². The topological polar surface area (TPSA) is 38.3 Å². The second-order valence-electron chi connectivity index (χ2n) is 6.86. The summed E-state index contributed by atoms with van der Waals surface area (Å²) in [6, 6.07) is 3.94. The average molecular weight is 319 g/mol. The number of amides is 1. The number of carbonyl (C=O) groups excluding carboxylic acids is 1. The van der Waals surface area contributed by atoms with E-state index in [0.29, 0.717) is 6.54 Å². The van der Waals surface area contributed by atoms with Gasteiger partial charge in [-0.2, -0.15) is 0 Å². The highest BCUT2D eigenvalue weighted by Gasteiger charge is 2.29. The number of rotatable bonds is 5. The highest BCUT2D eigenvalue weighted by Crippen LogP contribution is 2.26. The standard InChI is InChI=1S/C19H30N2O2/c1-5-21(10-8-6-7-9-11-21)14-18(22)20-19-15(2)12-17(23-4)13-16(19)3/h12-13H,5-11,14H2,1-4H3/p+1. The van der Waals surface area contributed by atoms with Crippen LogP contribution in [0.5, 0.6) is 5.75 Å². The Labute approximate surface area is 140 Å². The third-order valence-corrected chi connectivity index (χ3v) is 5.17. The number of likely N-dealkylation sites (N-methyl/N-ethyl adjacent to an activating group) is 1. The van der Waals surface area contributed by atoms with Gasteiger partial charge in [0.2, 0.25) is 0 Å². The van der Waals surface area contributed by atoms with Crippen molar-refractivity contribution in [3.05, 3.63) is 23.3 Å². The summed E-state index contributed by atoms with van der Waals surface area (Å²) < 4.78 is 6.22. The summed E-state index contributed by atoms with van der Waals surface area (Å²) in [5.41, 5.74) is 3.03. The first kappa shape index (κ1) is 17.8. The SMILES string of the molecule is CC[N+]1(CC(=O)Nc2c(C)cc(OC)cc2C)CCCCCC1. The van der Waals surface area contributed by atoms with Crippen molar-refractivity contribution in [1.82, 2.24) is 0 Å². The zero-order valence-electron chi connectivity index (χ0n) is 15.1. The quantitative estimate of drug-likeness (QED) is 0.841. The van der Waals surface area contributed by atoms with Crippen LogP contribution in [-0.2, 0) is 4.79 Å². The summed E-state index contributed by atoms with van der Waals surface area (Å²) in [7, 11) is 1.67. The Balaban J connectivity index is 2.09. The van der Waals surface area contributed by atoms with E-state index in [2.05, 4.69) is 12.2 Å². The summed E-state index contributed by atoms with van der Waals surface area (Å²) in [5, 5.41) is 3.15. The number of benzene rings is 1. The number of nitrogens with one attached hydrogen (secondary N) is 1. The monoisotopic (exact) mass is 319 g/mol. The number of hydrogen-bond acceptors (Lipinski definition) is 2. The minimum atomic E-state index is 0.130. The predicted octanol–water partition coefficient (Wildman–Crippen LogP) is 3.66. The molecule has 0 saturated carbocycles. The van der Waals surface area contributed by atoms with Crippen LogP contribution in [0.1, 0.15) is 43.7 Å². The lowest BCUT2D eigenvalue weighted by molar-refractivity contribution is -0.918. The van der Waals surface area contributed by atoms with E-state index in [0.717, 1.165) is 46.7 Å². The number of likely N-dealkylation sites (tertiary alicyclic amines) is 1. The largest absolute Gasteiger partial charge is 0.497 e. The zero-order chi connectivity index (χ0) is 16.9. The molecule has 0 spiro atoms. The molecule has 0 bridgehead atoms. The summed E-state index contributed by atoms with van der Waals surface area (Å²) >= 11 is 0. The minimum Gasteiger partial charge on any atom is -0.497 e. The maximum atomic E-state index is 12.7. The van der Waals surface area contributed by atoms with E-state index >= 15 is 0 Å². The van der Waals surface area contributed by atoms with Gasteiger partial charge in [-0.1, -0.05) is 0 Å². The van der Waals surface area contributed by atoms with E-state index in [1.54, 1.807) is 7.11 Å². The Morgan fingerprint density at radius 1 is 1.13 bits per heavy atom. The second-order valence-corrected chi connectivity index (χ2v) is 6.86. The number of carbonyl (C=O) groups is 1. The molecule has 0 unspecified atom stereocenters. The number of ether oxygens (including phenoxy) is 1. The Hall–Kier alpha value is -1.55. The minimum absolute atomic E-state index is 0.130. The van der Waals surface area contributed by atoms with E-state index in [1.165, 1.54) is 25.7 Å². The Morgan fingerprint density at radius 3 is 2.17 bits per heavy atom. The molecule has 1 aromatic carbocycles. The smallest absolute Gasteiger partial charge is 0.279 e. The van der Waals surface area contributed by atoms with Crippen molar-refractivity contribution in [1.29, 1.82) is 0 Å². The van der Waals surface area contributed by atoms with Crippen molar-refractivity contribution in [3.63, 3.8) is 0 Å². The van der Waals surface area contributed by atoms with Gasteiger partial charge < -0.3 is 14.5 Å². The van der Waals surface area contributed by atoms with Crippen LogP contribution < -0.4 is 10.1 Å². The molecule has 2 rings (SSSR count). The summed E-state index contributed by atoms with van der Waals surface area (Å²) in [6.45, 7) is 10.1. The van der Waals surface area contributed by atoms with E-state index in [1.807, 2.05) is 26.0 Å².